The van der Waals surface area contributed by atoms with E-state index in [0.29, 0.717) is 34.8 Å². The summed E-state index contributed by atoms with van der Waals surface area (Å²) >= 11 is 0. The lowest BCUT2D eigenvalue weighted by molar-refractivity contribution is 0.600. The fourth-order valence-corrected chi connectivity index (χ4v) is 3.79. The summed E-state index contributed by atoms with van der Waals surface area (Å²) in [5.41, 5.74) is 2.70. The van der Waals surface area contributed by atoms with Gasteiger partial charge in [-0.3, -0.25) is 8.99 Å². The lowest BCUT2D eigenvalue weighted by Crippen LogP contribution is -2.26. The van der Waals surface area contributed by atoms with Crippen LogP contribution in [0.15, 0.2) is 43.0 Å². The fraction of sp³-hybridized carbons (Fsp3) is 0.238. The van der Waals surface area contributed by atoms with Crippen LogP contribution in [0.2, 0.25) is 0 Å². The van der Waals surface area contributed by atoms with Crippen LogP contribution in [0.25, 0.3) is 11.3 Å². The van der Waals surface area contributed by atoms with E-state index in [1.807, 2.05) is 19.9 Å². The molecule has 4 rings (SSSR count). The average molecular weight is 481 g/mol. The molecular weight excluding hydrogens is 456 g/mol. The van der Waals surface area contributed by atoms with Gasteiger partial charge in [0.2, 0.25) is 10.0 Å². The molecule has 13 heteroatoms. The molecule has 0 unspecified atom stereocenters. The van der Waals surface area contributed by atoms with Gasteiger partial charge in [0, 0.05) is 49.9 Å². The monoisotopic (exact) mass is 480 g/mol. The Morgan fingerprint density at radius 1 is 0.971 bits per heavy atom. The van der Waals surface area contributed by atoms with E-state index in [9.17, 15) is 8.42 Å². The zero-order valence-electron chi connectivity index (χ0n) is 19.3. The van der Waals surface area contributed by atoms with Crippen molar-refractivity contribution >= 4 is 39.0 Å². The molecule has 0 spiro atoms. The van der Waals surface area contributed by atoms with Crippen molar-refractivity contribution in [2.75, 3.05) is 28.2 Å². The zero-order valence-corrected chi connectivity index (χ0v) is 20.2. The van der Waals surface area contributed by atoms with Crippen LogP contribution in [0.5, 0.6) is 0 Å². The van der Waals surface area contributed by atoms with Crippen LogP contribution in [0.1, 0.15) is 11.5 Å². The number of pyridine rings is 1. The van der Waals surface area contributed by atoms with Crippen molar-refractivity contribution in [3.63, 3.8) is 0 Å². The highest BCUT2D eigenvalue weighted by molar-refractivity contribution is 7.92. The Balaban J connectivity index is 1.68. The maximum Gasteiger partial charge on any atom is 0.232 e. The Bertz CT molecular complexity index is 1430. The van der Waals surface area contributed by atoms with Gasteiger partial charge in [0.05, 0.1) is 17.6 Å². The Hall–Kier alpha value is -4.13. The lowest BCUT2D eigenvalue weighted by atomic mass is 10.2. The van der Waals surface area contributed by atoms with Crippen LogP contribution in [0.4, 0.5) is 29.0 Å². The Kier molecular flexibility index (Phi) is 6.11. The normalized spacial score (nSPS) is 11.3. The van der Waals surface area contributed by atoms with E-state index in [4.69, 9.17) is 0 Å². The molecular formula is C21H24N10O2S. The third kappa shape index (κ3) is 5.09. The lowest BCUT2D eigenvalue weighted by Gasteiger charge is -2.21. The predicted molar refractivity (Wildman–Crippen MR) is 130 cm³/mol. The summed E-state index contributed by atoms with van der Waals surface area (Å²) < 4.78 is 27.5. The SMILES string of the molecule is Cc1cc(Nc2cc(Nc3ncc(-c4ccnn4C)cc3N(C)S(C)(=O)=O)ncn2)nc(C)n1. The molecule has 4 aromatic heterocycles. The van der Waals surface area contributed by atoms with E-state index >= 15 is 0 Å². The van der Waals surface area contributed by atoms with Crippen molar-refractivity contribution in [3.05, 3.63) is 54.5 Å². The number of hydrogen-bond donors (Lipinski definition) is 2. The second-order valence-electron chi connectivity index (χ2n) is 7.64. The van der Waals surface area contributed by atoms with Crippen LogP contribution < -0.4 is 14.9 Å². The summed E-state index contributed by atoms with van der Waals surface area (Å²) in [4.78, 5) is 21.6. The number of sulfonamides is 1. The molecule has 0 bridgehead atoms. The van der Waals surface area contributed by atoms with E-state index in [1.165, 1.54) is 13.4 Å². The molecule has 4 heterocycles. The van der Waals surface area contributed by atoms with Crippen molar-refractivity contribution in [1.82, 2.24) is 34.7 Å². The van der Waals surface area contributed by atoms with Crippen LogP contribution >= 0.6 is 0 Å². The molecule has 0 saturated heterocycles. The first kappa shape index (κ1) is 23.0. The smallest absolute Gasteiger partial charge is 0.232 e. The number of hydrogen-bond acceptors (Lipinski definition) is 10. The van der Waals surface area contributed by atoms with Gasteiger partial charge in [0.25, 0.3) is 0 Å². The molecule has 4 aromatic rings. The molecule has 0 amide bonds. The van der Waals surface area contributed by atoms with E-state index in [1.54, 1.807) is 42.3 Å². The third-order valence-electron chi connectivity index (χ3n) is 4.96. The summed E-state index contributed by atoms with van der Waals surface area (Å²) in [6, 6.07) is 7.04. The average Bonchev–Trinajstić information content (AvgIpc) is 3.18. The molecule has 176 valence electrons. The molecule has 0 aliphatic heterocycles. The molecule has 12 nitrogen and oxygen atoms in total. The molecule has 34 heavy (non-hydrogen) atoms. The molecule has 0 saturated carbocycles. The first-order chi connectivity index (χ1) is 16.1. The molecule has 0 atom stereocenters. The third-order valence-corrected chi connectivity index (χ3v) is 6.15. The summed E-state index contributed by atoms with van der Waals surface area (Å²) in [5.74, 6) is 2.48. The standard InChI is InChI=1S/C21H24N10O2S/c1-13-8-20(27-14(2)26-13)28-18-10-19(24-12-23-18)29-21-17(31(4)34(5,32)33)9-15(11-22-21)16-6-7-25-30(16)3/h6-12H,1-5H3,(H2,22,23,24,26,27,28,29). The summed E-state index contributed by atoms with van der Waals surface area (Å²) in [7, 11) is -0.279. The van der Waals surface area contributed by atoms with Crippen LogP contribution in [-0.2, 0) is 17.1 Å². The summed E-state index contributed by atoms with van der Waals surface area (Å²) in [6.45, 7) is 3.69. The minimum absolute atomic E-state index is 0.317. The number of aromatic nitrogens is 7. The molecule has 0 aliphatic carbocycles. The van der Waals surface area contributed by atoms with Crippen LogP contribution in [-0.4, -0.2) is 56.4 Å². The van der Waals surface area contributed by atoms with Crippen molar-refractivity contribution < 1.29 is 8.42 Å². The van der Waals surface area contributed by atoms with E-state index in [2.05, 4.69) is 40.7 Å². The maximum absolute atomic E-state index is 12.3. The summed E-state index contributed by atoms with van der Waals surface area (Å²) in [5, 5.41) is 10.4. The van der Waals surface area contributed by atoms with Gasteiger partial charge >= 0.3 is 0 Å². The molecule has 0 fully saturated rings. The van der Waals surface area contributed by atoms with Crippen molar-refractivity contribution in [2.45, 2.75) is 13.8 Å². The molecule has 0 aliphatic rings. The highest BCUT2D eigenvalue weighted by Crippen LogP contribution is 2.32. The topological polar surface area (TPSA) is 144 Å². The minimum atomic E-state index is -3.55. The van der Waals surface area contributed by atoms with Gasteiger partial charge in [-0.1, -0.05) is 0 Å². The van der Waals surface area contributed by atoms with Crippen molar-refractivity contribution in [3.8, 4) is 11.3 Å². The van der Waals surface area contributed by atoms with Gasteiger partial charge in [-0.05, 0) is 26.0 Å². The highest BCUT2D eigenvalue weighted by atomic mass is 32.2. The predicted octanol–water partition coefficient (Wildman–Crippen LogP) is 2.56. The number of aryl methyl sites for hydroxylation is 3. The zero-order chi connectivity index (χ0) is 24.5. The maximum atomic E-state index is 12.3. The summed E-state index contributed by atoms with van der Waals surface area (Å²) in [6.07, 6.45) is 5.82. The number of nitrogens with one attached hydrogen (secondary N) is 2. The largest absolute Gasteiger partial charge is 0.325 e. The second kappa shape index (κ2) is 9.02. The van der Waals surface area contributed by atoms with E-state index < -0.39 is 10.0 Å². The van der Waals surface area contributed by atoms with Gasteiger partial charge in [-0.2, -0.15) is 5.10 Å². The second-order valence-corrected chi connectivity index (χ2v) is 9.66. The van der Waals surface area contributed by atoms with Gasteiger partial charge in [-0.25, -0.2) is 33.3 Å². The van der Waals surface area contributed by atoms with E-state index in [-0.39, 0.29) is 0 Å². The molecule has 0 aromatic carbocycles. The number of nitrogens with zero attached hydrogens (tertiary/aromatic N) is 8. The van der Waals surface area contributed by atoms with E-state index in [0.717, 1.165) is 27.5 Å². The molecule has 0 radical (unpaired) electrons. The van der Waals surface area contributed by atoms with Gasteiger partial charge in [0.15, 0.2) is 5.82 Å². The van der Waals surface area contributed by atoms with Crippen molar-refractivity contribution in [2.24, 2.45) is 7.05 Å². The van der Waals surface area contributed by atoms with Crippen molar-refractivity contribution in [1.29, 1.82) is 0 Å². The quantitative estimate of drug-likeness (QED) is 0.405. The Labute approximate surface area is 197 Å². The fourth-order valence-electron chi connectivity index (χ4n) is 3.29. The highest BCUT2D eigenvalue weighted by Gasteiger charge is 2.19. The van der Waals surface area contributed by atoms with Crippen LogP contribution in [0.3, 0.4) is 0 Å². The Morgan fingerprint density at radius 3 is 2.35 bits per heavy atom. The number of anilines is 5. The Morgan fingerprint density at radius 2 is 1.71 bits per heavy atom. The molecule has 2 N–H and O–H groups in total. The first-order valence-corrected chi connectivity index (χ1v) is 12.1. The number of rotatable bonds is 7. The first-order valence-electron chi connectivity index (χ1n) is 10.2. The van der Waals surface area contributed by atoms with Crippen LogP contribution in [0, 0.1) is 13.8 Å². The van der Waals surface area contributed by atoms with Gasteiger partial charge < -0.3 is 10.6 Å². The van der Waals surface area contributed by atoms with Gasteiger partial charge in [0.1, 0.15) is 29.6 Å². The van der Waals surface area contributed by atoms with Gasteiger partial charge in [-0.15, -0.1) is 0 Å². The minimum Gasteiger partial charge on any atom is -0.325 e.